The molecule has 152 valence electrons. The van der Waals surface area contributed by atoms with Gasteiger partial charge in [-0.3, -0.25) is 4.79 Å². The van der Waals surface area contributed by atoms with Crippen LogP contribution in [-0.4, -0.2) is 75.9 Å². The molecule has 0 bridgehead atoms. The topological polar surface area (TPSA) is 107 Å². The Balaban J connectivity index is 1.71. The van der Waals surface area contributed by atoms with E-state index in [9.17, 15) is 13.2 Å². The fraction of sp³-hybridized carbons (Fsp3) is 0.529. The van der Waals surface area contributed by atoms with Crippen molar-refractivity contribution in [1.29, 1.82) is 0 Å². The molecule has 0 radical (unpaired) electrons. The van der Waals surface area contributed by atoms with Gasteiger partial charge >= 0.3 is 0 Å². The van der Waals surface area contributed by atoms with Crippen molar-refractivity contribution in [2.45, 2.75) is 31.5 Å². The monoisotopic (exact) mass is 425 g/mol. The summed E-state index contributed by atoms with van der Waals surface area (Å²) in [7, 11) is -3.05. The van der Waals surface area contributed by atoms with Crippen molar-refractivity contribution in [3.05, 3.63) is 24.3 Å². The predicted molar refractivity (Wildman–Crippen MR) is 105 cm³/mol. The molecule has 1 atom stereocenters. The lowest BCUT2D eigenvalue weighted by Gasteiger charge is -2.26. The predicted octanol–water partition coefficient (Wildman–Crippen LogP) is 1.19. The molecule has 1 aromatic carbocycles. The number of benzene rings is 1. The second kappa shape index (κ2) is 8.91. The first-order valence-electron chi connectivity index (χ1n) is 9.08. The third-order valence-electron chi connectivity index (χ3n) is 4.47. The molecule has 2 aromatic rings. The van der Waals surface area contributed by atoms with Crippen molar-refractivity contribution in [2.24, 2.45) is 0 Å². The molecule has 1 saturated heterocycles. The van der Waals surface area contributed by atoms with Gasteiger partial charge in [-0.15, -0.1) is 5.10 Å². The molecule has 1 fully saturated rings. The van der Waals surface area contributed by atoms with Crippen LogP contribution in [0.5, 0.6) is 5.75 Å². The SMILES string of the molecule is CCOc1ccccc1-n1nnnc1SCC(=O)N(CC)C1CCS(=O)(=O)C1. The normalized spacial score (nSPS) is 18.1. The third kappa shape index (κ3) is 4.64. The second-order valence-electron chi connectivity index (χ2n) is 6.30. The number of sulfone groups is 1. The molecule has 1 aromatic heterocycles. The number of carbonyl (C=O) groups excluding carboxylic acids is 1. The molecule has 1 aliphatic rings. The minimum Gasteiger partial charge on any atom is -0.492 e. The number of hydrogen-bond donors (Lipinski definition) is 0. The summed E-state index contributed by atoms with van der Waals surface area (Å²) in [5, 5.41) is 12.2. The zero-order valence-corrected chi connectivity index (χ0v) is 17.4. The molecule has 0 aliphatic carbocycles. The zero-order valence-electron chi connectivity index (χ0n) is 15.8. The first-order chi connectivity index (χ1) is 13.4. The maximum Gasteiger partial charge on any atom is 0.233 e. The van der Waals surface area contributed by atoms with Gasteiger partial charge in [-0.05, 0) is 42.8 Å². The van der Waals surface area contributed by atoms with E-state index < -0.39 is 9.84 Å². The summed E-state index contributed by atoms with van der Waals surface area (Å²) < 4.78 is 30.6. The highest BCUT2D eigenvalue weighted by Gasteiger charge is 2.34. The van der Waals surface area contributed by atoms with Crippen LogP contribution in [0.2, 0.25) is 0 Å². The maximum absolute atomic E-state index is 12.7. The summed E-state index contributed by atoms with van der Waals surface area (Å²) in [6, 6.07) is 7.15. The Labute approximate surface area is 168 Å². The summed E-state index contributed by atoms with van der Waals surface area (Å²) in [6.07, 6.45) is 0.492. The molecule has 0 spiro atoms. The van der Waals surface area contributed by atoms with Crippen LogP contribution in [0.3, 0.4) is 0 Å². The zero-order chi connectivity index (χ0) is 20.1. The minimum absolute atomic E-state index is 0.0384. The summed E-state index contributed by atoms with van der Waals surface area (Å²) in [5.74, 6) is 0.832. The molecule has 3 rings (SSSR count). The fourth-order valence-electron chi connectivity index (χ4n) is 3.20. The molecule has 9 nitrogen and oxygen atoms in total. The van der Waals surface area contributed by atoms with Crippen molar-refractivity contribution in [3.63, 3.8) is 0 Å². The van der Waals surface area contributed by atoms with Crippen LogP contribution in [-0.2, 0) is 14.6 Å². The molecule has 1 amide bonds. The Bertz CT molecular complexity index is 931. The van der Waals surface area contributed by atoms with Crippen molar-refractivity contribution in [1.82, 2.24) is 25.1 Å². The fourth-order valence-corrected chi connectivity index (χ4v) is 5.70. The number of hydrogen-bond acceptors (Lipinski definition) is 8. The Hall–Kier alpha value is -2.14. The summed E-state index contributed by atoms with van der Waals surface area (Å²) >= 11 is 1.22. The van der Waals surface area contributed by atoms with Gasteiger partial charge in [0.05, 0.1) is 23.9 Å². The van der Waals surface area contributed by atoms with Gasteiger partial charge in [-0.1, -0.05) is 23.9 Å². The molecular formula is C17H23N5O4S2. The molecule has 1 unspecified atom stereocenters. The number of para-hydroxylation sites is 2. The highest BCUT2D eigenvalue weighted by molar-refractivity contribution is 7.99. The number of nitrogens with zero attached hydrogens (tertiary/aromatic N) is 5. The highest BCUT2D eigenvalue weighted by Crippen LogP contribution is 2.26. The molecule has 0 saturated carbocycles. The molecule has 0 N–H and O–H groups in total. The quantitative estimate of drug-likeness (QED) is 0.581. The standard InChI is InChI=1S/C17H23N5O4S2/c1-3-21(13-9-10-28(24,25)12-13)16(23)11-27-17-18-19-20-22(17)14-7-5-6-8-15(14)26-4-2/h5-8,13H,3-4,9-12H2,1-2H3. The van der Waals surface area contributed by atoms with E-state index >= 15 is 0 Å². The van der Waals surface area contributed by atoms with Crippen molar-refractivity contribution >= 4 is 27.5 Å². The first-order valence-corrected chi connectivity index (χ1v) is 11.9. The van der Waals surface area contributed by atoms with E-state index in [4.69, 9.17) is 4.74 Å². The molecule has 11 heteroatoms. The van der Waals surface area contributed by atoms with E-state index in [1.165, 1.54) is 11.8 Å². The Kier molecular flexibility index (Phi) is 6.55. The number of tetrazole rings is 1. The van der Waals surface area contributed by atoms with Crippen LogP contribution >= 0.6 is 11.8 Å². The van der Waals surface area contributed by atoms with Gasteiger partial charge in [0.15, 0.2) is 9.84 Å². The number of rotatable bonds is 8. The molecule has 2 heterocycles. The second-order valence-corrected chi connectivity index (χ2v) is 9.47. The van der Waals surface area contributed by atoms with Crippen LogP contribution in [0.15, 0.2) is 29.4 Å². The molecular weight excluding hydrogens is 402 g/mol. The Morgan fingerprint density at radius 3 is 2.82 bits per heavy atom. The van der Waals surface area contributed by atoms with Crippen LogP contribution in [0, 0.1) is 0 Å². The van der Waals surface area contributed by atoms with E-state index in [0.717, 1.165) is 0 Å². The summed E-state index contributed by atoms with van der Waals surface area (Å²) in [6.45, 7) is 4.73. The summed E-state index contributed by atoms with van der Waals surface area (Å²) in [5.41, 5.74) is 0.693. The van der Waals surface area contributed by atoms with Crippen LogP contribution < -0.4 is 4.74 Å². The number of carbonyl (C=O) groups is 1. The first kappa shape index (κ1) is 20.6. The highest BCUT2D eigenvalue weighted by atomic mass is 32.2. The average Bonchev–Trinajstić information content (AvgIpc) is 3.27. The van der Waals surface area contributed by atoms with Crippen molar-refractivity contribution in [2.75, 3.05) is 30.4 Å². The van der Waals surface area contributed by atoms with Crippen LogP contribution in [0.25, 0.3) is 5.69 Å². The number of aromatic nitrogens is 4. The lowest BCUT2D eigenvalue weighted by Crippen LogP contribution is -2.42. The van der Waals surface area contributed by atoms with Crippen molar-refractivity contribution < 1.29 is 17.9 Å². The van der Waals surface area contributed by atoms with Crippen LogP contribution in [0.1, 0.15) is 20.3 Å². The number of ether oxygens (including phenoxy) is 1. The van der Waals surface area contributed by atoms with Gasteiger partial charge in [0.1, 0.15) is 11.4 Å². The van der Waals surface area contributed by atoms with Gasteiger partial charge in [-0.25, -0.2) is 8.42 Å². The van der Waals surface area contributed by atoms with E-state index in [1.807, 2.05) is 38.1 Å². The van der Waals surface area contributed by atoms with E-state index in [0.29, 0.717) is 36.2 Å². The van der Waals surface area contributed by atoms with Gasteiger partial charge in [-0.2, -0.15) is 4.68 Å². The van der Waals surface area contributed by atoms with Gasteiger partial charge in [0.2, 0.25) is 11.1 Å². The van der Waals surface area contributed by atoms with Crippen LogP contribution in [0.4, 0.5) is 0 Å². The lowest BCUT2D eigenvalue weighted by molar-refractivity contribution is -0.129. The maximum atomic E-state index is 12.7. The average molecular weight is 426 g/mol. The molecule has 1 aliphatic heterocycles. The lowest BCUT2D eigenvalue weighted by atomic mass is 10.2. The largest absolute Gasteiger partial charge is 0.492 e. The molecule has 28 heavy (non-hydrogen) atoms. The Morgan fingerprint density at radius 2 is 2.14 bits per heavy atom. The smallest absolute Gasteiger partial charge is 0.233 e. The number of thioether (sulfide) groups is 1. The van der Waals surface area contributed by atoms with Gasteiger partial charge in [0, 0.05) is 12.6 Å². The van der Waals surface area contributed by atoms with E-state index in [1.54, 1.807) is 9.58 Å². The van der Waals surface area contributed by atoms with Gasteiger partial charge in [0.25, 0.3) is 0 Å². The minimum atomic E-state index is -3.05. The summed E-state index contributed by atoms with van der Waals surface area (Å²) in [4.78, 5) is 14.3. The van der Waals surface area contributed by atoms with E-state index in [-0.39, 0.29) is 29.2 Å². The third-order valence-corrected chi connectivity index (χ3v) is 7.12. The number of amides is 1. The van der Waals surface area contributed by atoms with Gasteiger partial charge < -0.3 is 9.64 Å². The van der Waals surface area contributed by atoms with E-state index in [2.05, 4.69) is 15.5 Å². The Morgan fingerprint density at radius 1 is 1.36 bits per heavy atom. The van der Waals surface area contributed by atoms with Crippen molar-refractivity contribution in [3.8, 4) is 11.4 Å².